The van der Waals surface area contributed by atoms with E-state index in [-0.39, 0.29) is 19.8 Å². The fourth-order valence-electron chi connectivity index (χ4n) is 4.78. The summed E-state index contributed by atoms with van der Waals surface area (Å²) in [5.74, 6) is 0. The van der Waals surface area contributed by atoms with Crippen molar-refractivity contribution in [2.45, 2.75) is 44.7 Å². The molecule has 0 radical (unpaired) electrons. The summed E-state index contributed by atoms with van der Waals surface area (Å²) in [6, 6.07) is 38.7. The Balaban J connectivity index is 1.62. The van der Waals surface area contributed by atoms with Crippen LogP contribution in [0.4, 0.5) is 4.79 Å². The standard InChI is InChI=1S/C38H41NO5/c1-3-25-39(38(40)44-29-34-23-15-8-16-24-34)35(30-41-26-31-17-9-5-10-18-31)37(43-28-33-21-13-7-14-22-33)36(4-2)42-27-32-19-11-6-12-20-32/h3-24,35-37H,1-2,25-30H2/t35-,36+,37+/m0/s1. The van der Waals surface area contributed by atoms with Crippen molar-refractivity contribution in [3.05, 3.63) is 169 Å². The van der Waals surface area contributed by atoms with Crippen molar-refractivity contribution < 1.29 is 23.7 Å². The lowest BCUT2D eigenvalue weighted by Crippen LogP contribution is -2.54. The van der Waals surface area contributed by atoms with Gasteiger partial charge >= 0.3 is 6.09 Å². The molecular formula is C38H41NO5. The van der Waals surface area contributed by atoms with E-state index in [4.69, 9.17) is 18.9 Å². The Morgan fingerprint density at radius 2 is 1.09 bits per heavy atom. The van der Waals surface area contributed by atoms with E-state index < -0.39 is 24.3 Å². The van der Waals surface area contributed by atoms with Crippen LogP contribution in [0.25, 0.3) is 0 Å². The zero-order chi connectivity index (χ0) is 30.8. The molecule has 0 aliphatic heterocycles. The van der Waals surface area contributed by atoms with Crippen LogP contribution in [-0.2, 0) is 45.4 Å². The van der Waals surface area contributed by atoms with Crippen LogP contribution < -0.4 is 0 Å². The fourth-order valence-corrected chi connectivity index (χ4v) is 4.78. The molecule has 0 aliphatic carbocycles. The molecule has 0 N–H and O–H groups in total. The number of hydrogen-bond acceptors (Lipinski definition) is 5. The lowest BCUT2D eigenvalue weighted by Gasteiger charge is -2.38. The highest BCUT2D eigenvalue weighted by molar-refractivity contribution is 5.68. The molecule has 4 aromatic rings. The van der Waals surface area contributed by atoms with Gasteiger partial charge in [-0.25, -0.2) is 4.79 Å². The maximum atomic E-state index is 13.7. The Morgan fingerprint density at radius 1 is 0.636 bits per heavy atom. The van der Waals surface area contributed by atoms with Gasteiger partial charge in [0.05, 0.1) is 32.5 Å². The van der Waals surface area contributed by atoms with Crippen molar-refractivity contribution in [1.82, 2.24) is 4.90 Å². The van der Waals surface area contributed by atoms with Gasteiger partial charge in [0.1, 0.15) is 18.8 Å². The average Bonchev–Trinajstić information content (AvgIpc) is 3.08. The van der Waals surface area contributed by atoms with E-state index in [0.29, 0.717) is 19.8 Å². The molecule has 4 aromatic carbocycles. The van der Waals surface area contributed by atoms with Gasteiger partial charge in [0.15, 0.2) is 0 Å². The van der Waals surface area contributed by atoms with E-state index in [2.05, 4.69) is 13.2 Å². The predicted octanol–water partition coefficient (Wildman–Crippen LogP) is 7.75. The maximum Gasteiger partial charge on any atom is 0.410 e. The minimum Gasteiger partial charge on any atom is -0.445 e. The van der Waals surface area contributed by atoms with E-state index in [9.17, 15) is 4.79 Å². The summed E-state index contributed by atoms with van der Waals surface area (Å²) < 4.78 is 25.1. The van der Waals surface area contributed by atoms with Gasteiger partial charge < -0.3 is 18.9 Å². The van der Waals surface area contributed by atoms with E-state index in [0.717, 1.165) is 22.3 Å². The Labute approximate surface area is 261 Å². The molecule has 6 nitrogen and oxygen atoms in total. The van der Waals surface area contributed by atoms with Crippen LogP contribution in [0.2, 0.25) is 0 Å². The van der Waals surface area contributed by atoms with Crippen LogP contribution in [-0.4, -0.2) is 42.4 Å². The monoisotopic (exact) mass is 591 g/mol. The Hall–Kier alpha value is -4.49. The van der Waals surface area contributed by atoms with Crippen LogP contribution in [0, 0.1) is 0 Å². The van der Waals surface area contributed by atoms with E-state index in [1.165, 1.54) is 0 Å². The Kier molecular flexibility index (Phi) is 13.4. The van der Waals surface area contributed by atoms with E-state index in [1.807, 2.05) is 121 Å². The molecule has 0 bridgehead atoms. The highest BCUT2D eigenvalue weighted by Crippen LogP contribution is 2.22. The van der Waals surface area contributed by atoms with Crippen LogP contribution in [0.15, 0.2) is 147 Å². The first-order valence-corrected chi connectivity index (χ1v) is 14.8. The molecule has 0 saturated heterocycles. The molecule has 0 unspecified atom stereocenters. The van der Waals surface area contributed by atoms with Crippen molar-refractivity contribution in [2.75, 3.05) is 13.2 Å². The van der Waals surface area contributed by atoms with Gasteiger partial charge in [-0.2, -0.15) is 0 Å². The molecule has 1 amide bonds. The summed E-state index contributed by atoms with van der Waals surface area (Å²) in [6.07, 6.45) is 1.69. The Morgan fingerprint density at radius 3 is 1.57 bits per heavy atom. The van der Waals surface area contributed by atoms with Gasteiger partial charge in [-0.05, 0) is 22.3 Å². The minimum atomic E-state index is -0.642. The van der Waals surface area contributed by atoms with Crippen molar-refractivity contribution >= 4 is 6.09 Å². The van der Waals surface area contributed by atoms with Gasteiger partial charge in [-0.3, -0.25) is 4.90 Å². The summed E-state index contributed by atoms with van der Waals surface area (Å²) >= 11 is 0. The number of carbonyl (C=O) groups excluding carboxylic acids is 1. The van der Waals surface area contributed by atoms with Gasteiger partial charge in [0.25, 0.3) is 0 Å². The largest absolute Gasteiger partial charge is 0.445 e. The molecule has 3 atom stereocenters. The number of nitrogens with zero attached hydrogens (tertiary/aromatic N) is 1. The minimum absolute atomic E-state index is 0.135. The first-order chi connectivity index (χ1) is 21.7. The maximum absolute atomic E-state index is 13.7. The summed E-state index contributed by atoms with van der Waals surface area (Å²) in [6.45, 7) is 9.56. The van der Waals surface area contributed by atoms with Crippen molar-refractivity contribution in [2.24, 2.45) is 0 Å². The summed E-state index contributed by atoms with van der Waals surface area (Å²) in [7, 11) is 0. The molecule has 44 heavy (non-hydrogen) atoms. The topological polar surface area (TPSA) is 57.2 Å². The van der Waals surface area contributed by atoms with Crippen LogP contribution in [0.5, 0.6) is 0 Å². The van der Waals surface area contributed by atoms with Crippen LogP contribution in [0.1, 0.15) is 22.3 Å². The third kappa shape index (κ3) is 10.3. The summed E-state index contributed by atoms with van der Waals surface area (Å²) in [5, 5.41) is 0. The summed E-state index contributed by atoms with van der Waals surface area (Å²) in [5.41, 5.74) is 3.93. The van der Waals surface area contributed by atoms with Crippen molar-refractivity contribution in [3.63, 3.8) is 0 Å². The molecule has 0 saturated carbocycles. The molecule has 0 spiro atoms. The molecule has 0 aliphatic rings. The quantitative estimate of drug-likeness (QED) is 0.111. The second kappa shape index (κ2) is 18.2. The fraction of sp³-hybridized carbons (Fsp3) is 0.237. The average molecular weight is 592 g/mol. The first kappa shape index (κ1) is 32.4. The molecular weight excluding hydrogens is 550 g/mol. The highest BCUT2D eigenvalue weighted by Gasteiger charge is 2.37. The number of amides is 1. The SMILES string of the molecule is C=CCN(C(=O)OCc1ccccc1)[C@@H](COCc1ccccc1)[C@@H](OCc1ccccc1)[C@@H](C=C)OCc1ccccc1. The van der Waals surface area contributed by atoms with Crippen LogP contribution in [0.3, 0.4) is 0 Å². The third-order valence-electron chi connectivity index (χ3n) is 7.07. The molecule has 4 rings (SSSR count). The number of rotatable bonds is 18. The third-order valence-corrected chi connectivity index (χ3v) is 7.07. The van der Waals surface area contributed by atoms with Gasteiger partial charge in [0, 0.05) is 6.54 Å². The van der Waals surface area contributed by atoms with Crippen molar-refractivity contribution in [1.29, 1.82) is 0 Å². The van der Waals surface area contributed by atoms with Gasteiger partial charge in [-0.15, -0.1) is 13.2 Å². The second-order valence-electron chi connectivity index (χ2n) is 10.3. The number of carbonyl (C=O) groups is 1. The zero-order valence-electron chi connectivity index (χ0n) is 25.1. The highest BCUT2D eigenvalue weighted by atomic mass is 16.6. The number of hydrogen-bond donors (Lipinski definition) is 0. The lowest BCUT2D eigenvalue weighted by molar-refractivity contribution is -0.112. The number of ether oxygens (including phenoxy) is 4. The molecule has 0 fully saturated rings. The molecule has 6 heteroatoms. The second-order valence-corrected chi connectivity index (χ2v) is 10.3. The molecule has 0 heterocycles. The smallest absolute Gasteiger partial charge is 0.410 e. The number of benzene rings is 4. The van der Waals surface area contributed by atoms with E-state index >= 15 is 0 Å². The first-order valence-electron chi connectivity index (χ1n) is 14.8. The molecule has 0 aromatic heterocycles. The predicted molar refractivity (Wildman–Crippen MR) is 174 cm³/mol. The van der Waals surface area contributed by atoms with Crippen LogP contribution >= 0.6 is 0 Å². The van der Waals surface area contributed by atoms with Gasteiger partial charge in [0.2, 0.25) is 0 Å². The van der Waals surface area contributed by atoms with E-state index in [1.54, 1.807) is 17.1 Å². The normalized spacial score (nSPS) is 12.9. The summed E-state index contributed by atoms with van der Waals surface area (Å²) in [4.78, 5) is 15.3. The lowest BCUT2D eigenvalue weighted by atomic mass is 10.0. The Bertz CT molecular complexity index is 1380. The van der Waals surface area contributed by atoms with Crippen molar-refractivity contribution in [3.8, 4) is 0 Å². The zero-order valence-corrected chi connectivity index (χ0v) is 25.1. The van der Waals surface area contributed by atoms with Gasteiger partial charge in [-0.1, -0.05) is 133 Å². The molecule has 228 valence electrons.